The topological polar surface area (TPSA) is 67.3 Å². The molecule has 0 saturated heterocycles. The first kappa shape index (κ1) is 13.2. The molecule has 0 spiro atoms. The van der Waals surface area contributed by atoms with Crippen LogP contribution in [-0.4, -0.2) is 41.4 Å². The van der Waals surface area contributed by atoms with Gasteiger partial charge in [0.25, 0.3) is 0 Å². The van der Waals surface area contributed by atoms with E-state index in [0.29, 0.717) is 18.8 Å². The van der Waals surface area contributed by atoms with E-state index in [2.05, 4.69) is 15.3 Å². The minimum atomic E-state index is 0.0142. The molecule has 2 N–H and O–H groups in total. The normalized spacial score (nSPS) is 12.5. The largest absolute Gasteiger partial charge is 0.396 e. The lowest BCUT2D eigenvalue weighted by molar-refractivity contribution is 0.170. The second kappa shape index (κ2) is 6.62. The first-order chi connectivity index (χ1) is 7.65. The number of aliphatic hydroxyl groups is 1. The van der Waals surface area contributed by atoms with Crippen molar-refractivity contribution >= 4 is 17.4 Å². The van der Waals surface area contributed by atoms with Crippen molar-refractivity contribution in [2.24, 2.45) is 0 Å². The standard InChI is InChI=1S/C10H16ClN3O2/c1-7-5-9(14-10(11)12-7)13-8(3-4-15)6-16-2/h5,8,15H,3-4,6H2,1-2H3,(H,12,13,14). The highest BCUT2D eigenvalue weighted by atomic mass is 35.5. The second-order valence-corrected chi connectivity index (χ2v) is 3.81. The number of nitrogens with one attached hydrogen (secondary N) is 1. The molecule has 0 aliphatic heterocycles. The van der Waals surface area contributed by atoms with E-state index in [1.165, 1.54) is 0 Å². The quantitative estimate of drug-likeness (QED) is 0.739. The average Bonchev–Trinajstić information content (AvgIpc) is 2.16. The number of aliphatic hydroxyl groups excluding tert-OH is 1. The first-order valence-corrected chi connectivity index (χ1v) is 5.41. The summed E-state index contributed by atoms with van der Waals surface area (Å²) >= 11 is 5.74. The Morgan fingerprint density at radius 3 is 2.88 bits per heavy atom. The monoisotopic (exact) mass is 245 g/mol. The van der Waals surface area contributed by atoms with Gasteiger partial charge in [0.15, 0.2) is 0 Å². The summed E-state index contributed by atoms with van der Waals surface area (Å²) in [5.41, 5.74) is 0.794. The smallest absolute Gasteiger partial charge is 0.224 e. The number of hydrogen-bond donors (Lipinski definition) is 2. The molecule has 0 aromatic carbocycles. The Morgan fingerprint density at radius 2 is 2.31 bits per heavy atom. The van der Waals surface area contributed by atoms with Crippen molar-refractivity contribution in [1.29, 1.82) is 0 Å². The van der Waals surface area contributed by atoms with Gasteiger partial charge in [-0.25, -0.2) is 9.97 Å². The summed E-state index contributed by atoms with van der Waals surface area (Å²) in [5.74, 6) is 0.646. The fourth-order valence-corrected chi connectivity index (χ4v) is 1.59. The number of nitrogens with zero attached hydrogens (tertiary/aromatic N) is 2. The minimum Gasteiger partial charge on any atom is -0.396 e. The molecule has 5 nitrogen and oxygen atoms in total. The zero-order valence-corrected chi connectivity index (χ0v) is 10.2. The van der Waals surface area contributed by atoms with Crippen LogP contribution in [0.25, 0.3) is 0 Å². The van der Waals surface area contributed by atoms with Gasteiger partial charge in [0, 0.05) is 25.5 Å². The molecule has 0 bridgehead atoms. The SMILES string of the molecule is COCC(CCO)Nc1cc(C)nc(Cl)n1. The van der Waals surface area contributed by atoms with Gasteiger partial charge >= 0.3 is 0 Å². The molecule has 1 aromatic rings. The molecule has 1 rings (SSSR count). The molecule has 0 radical (unpaired) electrons. The van der Waals surface area contributed by atoms with Gasteiger partial charge in [-0.3, -0.25) is 0 Å². The van der Waals surface area contributed by atoms with Gasteiger partial charge in [-0.1, -0.05) is 0 Å². The van der Waals surface area contributed by atoms with E-state index in [0.717, 1.165) is 5.69 Å². The van der Waals surface area contributed by atoms with Crippen molar-refractivity contribution in [1.82, 2.24) is 9.97 Å². The van der Waals surface area contributed by atoms with Crippen LogP contribution in [0.1, 0.15) is 12.1 Å². The first-order valence-electron chi connectivity index (χ1n) is 5.03. The van der Waals surface area contributed by atoms with Gasteiger partial charge in [-0.05, 0) is 24.9 Å². The van der Waals surface area contributed by atoms with Crippen molar-refractivity contribution in [3.05, 3.63) is 17.0 Å². The molecule has 16 heavy (non-hydrogen) atoms. The van der Waals surface area contributed by atoms with Gasteiger partial charge in [0.1, 0.15) is 5.82 Å². The van der Waals surface area contributed by atoms with Crippen LogP contribution in [0.3, 0.4) is 0 Å². The van der Waals surface area contributed by atoms with Gasteiger partial charge in [-0.2, -0.15) is 0 Å². The Hall–Kier alpha value is -0.910. The number of ether oxygens (including phenoxy) is 1. The van der Waals surface area contributed by atoms with E-state index in [9.17, 15) is 0 Å². The Morgan fingerprint density at radius 1 is 1.56 bits per heavy atom. The second-order valence-electron chi connectivity index (χ2n) is 3.47. The Labute approximate surface area is 99.8 Å². The third-order valence-electron chi connectivity index (χ3n) is 2.02. The highest BCUT2D eigenvalue weighted by Crippen LogP contribution is 2.11. The van der Waals surface area contributed by atoms with E-state index < -0.39 is 0 Å². The van der Waals surface area contributed by atoms with Crippen LogP contribution in [-0.2, 0) is 4.74 Å². The third-order valence-corrected chi connectivity index (χ3v) is 2.19. The molecule has 1 atom stereocenters. The average molecular weight is 246 g/mol. The van der Waals surface area contributed by atoms with E-state index in [4.69, 9.17) is 21.4 Å². The minimum absolute atomic E-state index is 0.0142. The molecule has 0 aliphatic carbocycles. The molecule has 0 amide bonds. The lowest BCUT2D eigenvalue weighted by Gasteiger charge is -2.17. The van der Waals surface area contributed by atoms with E-state index in [-0.39, 0.29) is 17.9 Å². The maximum Gasteiger partial charge on any atom is 0.224 e. The lowest BCUT2D eigenvalue weighted by Crippen LogP contribution is -2.26. The van der Waals surface area contributed by atoms with Gasteiger partial charge < -0.3 is 15.2 Å². The Bertz CT molecular complexity index is 310. The highest BCUT2D eigenvalue weighted by molar-refractivity contribution is 6.28. The molecule has 90 valence electrons. The predicted molar refractivity (Wildman–Crippen MR) is 62.8 cm³/mol. The van der Waals surface area contributed by atoms with Gasteiger partial charge in [0.2, 0.25) is 5.28 Å². The predicted octanol–water partition coefficient (Wildman–Crippen LogP) is 1.25. The van der Waals surface area contributed by atoms with Crippen LogP contribution in [0, 0.1) is 6.92 Å². The van der Waals surface area contributed by atoms with Crippen molar-refractivity contribution in [2.45, 2.75) is 19.4 Å². The highest BCUT2D eigenvalue weighted by Gasteiger charge is 2.09. The van der Waals surface area contributed by atoms with Crippen molar-refractivity contribution in [2.75, 3.05) is 25.6 Å². The zero-order chi connectivity index (χ0) is 12.0. The number of hydrogen-bond acceptors (Lipinski definition) is 5. The van der Waals surface area contributed by atoms with Gasteiger partial charge in [0.05, 0.1) is 12.6 Å². The molecule has 0 saturated carbocycles. The molecule has 0 fully saturated rings. The fraction of sp³-hybridized carbons (Fsp3) is 0.600. The molecular weight excluding hydrogens is 230 g/mol. The molecule has 1 unspecified atom stereocenters. The van der Waals surface area contributed by atoms with E-state index >= 15 is 0 Å². The summed E-state index contributed by atoms with van der Waals surface area (Å²) in [6, 6.07) is 1.81. The summed E-state index contributed by atoms with van der Waals surface area (Å²) < 4.78 is 5.04. The number of methoxy groups -OCH3 is 1. The fourth-order valence-electron chi connectivity index (χ4n) is 1.37. The number of anilines is 1. The third kappa shape index (κ3) is 4.30. The van der Waals surface area contributed by atoms with Crippen LogP contribution in [0.2, 0.25) is 5.28 Å². The maximum atomic E-state index is 8.90. The number of aromatic nitrogens is 2. The lowest BCUT2D eigenvalue weighted by atomic mass is 10.2. The summed E-state index contributed by atoms with van der Waals surface area (Å²) in [5, 5.41) is 12.2. The number of halogens is 1. The van der Waals surface area contributed by atoms with Crippen LogP contribution in [0.5, 0.6) is 0 Å². The van der Waals surface area contributed by atoms with Crippen molar-refractivity contribution in [3.8, 4) is 0 Å². The van der Waals surface area contributed by atoms with Crippen molar-refractivity contribution < 1.29 is 9.84 Å². The van der Waals surface area contributed by atoms with Gasteiger partial charge in [-0.15, -0.1) is 0 Å². The summed E-state index contributed by atoms with van der Waals surface area (Å²) in [7, 11) is 1.62. The molecule has 6 heteroatoms. The molecule has 0 aliphatic rings. The zero-order valence-electron chi connectivity index (χ0n) is 9.40. The van der Waals surface area contributed by atoms with Crippen LogP contribution in [0.4, 0.5) is 5.82 Å². The Balaban J connectivity index is 2.68. The summed E-state index contributed by atoms with van der Waals surface area (Å²) in [6.07, 6.45) is 0.592. The van der Waals surface area contributed by atoms with E-state index in [1.807, 2.05) is 6.92 Å². The summed E-state index contributed by atoms with van der Waals surface area (Å²) in [6.45, 7) is 2.44. The van der Waals surface area contributed by atoms with Crippen LogP contribution < -0.4 is 5.32 Å². The number of aryl methyl sites for hydroxylation is 1. The molecular formula is C10H16ClN3O2. The van der Waals surface area contributed by atoms with Crippen molar-refractivity contribution in [3.63, 3.8) is 0 Å². The molecule has 1 heterocycles. The maximum absolute atomic E-state index is 8.90. The van der Waals surface area contributed by atoms with Crippen LogP contribution in [0.15, 0.2) is 6.07 Å². The Kier molecular flexibility index (Phi) is 5.45. The molecule has 1 aromatic heterocycles. The van der Waals surface area contributed by atoms with Crippen LogP contribution >= 0.6 is 11.6 Å². The summed E-state index contributed by atoms with van der Waals surface area (Å²) in [4.78, 5) is 8.01. The number of rotatable bonds is 6. The van der Waals surface area contributed by atoms with E-state index in [1.54, 1.807) is 13.2 Å².